The number of benzene rings is 2. The molecule has 0 fully saturated rings. The molecule has 0 bridgehead atoms. The van der Waals surface area contributed by atoms with Gasteiger partial charge in [-0.05, 0) is 62.3 Å². The lowest BCUT2D eigenvalue weighted by Crippen LogP contribution is -2.38. The molecule has 0 saturated heterocycles. The lowest BCUT2D eigenvalue weighted by molar-refractivity contribution is -0.134. The SMILES string of the molecule is CN(C)C(=O)C(c1ccccc1)N(C)CCCc1cc(-c2ccc(F)cc2)n[nH]1. The minimum absolute atomic E-state index is 0.0684. The highest BCUT2D eigenvalue weighted by molar-refractivity contribution is 5.82. The number of aromatic amines is 1. The number of carbonyl (C=O) groups is 1. The fraction of sp³-hybridized carbons (Fsp3) is 0.304. The second-order valence-electron chi connectivity index (χ2n) is 7.42. The van der Waals surface area contributed by atoms with Crippen LogP contribution in [0.1, 0.15) is 23.7 Å². The Morgan fingerprint density at radius 1 is 1.07 bits per heavy atom. The molecule has 0 saturated carbocycles. The quantitative estimate of drug-likeness (QED) is 0.630. The van der Waals surface area contributed by atoms with Gasteiger partial charge in [-0.25, -0.2) is 4.39 Å². The predicted octanol–water partition coefficient (Wildman–Crippen LogP) is 3.91. The molecule has 3 aromatic rings. The van der Waals surface area contributed by atoms with E-state index in [2.05, 4.69) is 15.1 Å². The highest BCUT2D eigenvalue weighted by Crippen LogP contribution is 2.22. The maximum absolute atomic E-state index is 13.1. The first kappa shape index (κ1) is 20.7. The molecule has 0 aliphatic carbocycles. The third kappa shape index (κ3) is 5.29. The summed E-state index contributed by atoms with van der Waals surface area (Å²) in [5.74, 6) is -0.188. The summed E-state index contributed by atoms with van der Waals surface area (Å²) in [5.41, 5.74) is 3.70. The molecule has 1 amide bonds. The normalized spacial score (nSPS) is 12.2. The van der Waals surface area contributed by atoms with Crippen molar-refractivity contribution in [2.75, 3.05) is 27.7 Å². The van der Waals surface area contributed by atoms with Gasteiger partial charge in [-0.2, -0.15) is 5.10 Å². The van der Waals surface area contributed by atoms with Gasteiger partial charge in [-0.1, -0.05) is 30.3 Å². The van der Waals surface area contributed by atoms with E-state index in [1.807, 2.05) is 43.4 Å². The van der Waals surface area contributed by atoms with Gasteiger partial charge in [0.2, 0.25) is 5.91 Å². The fourth-order valence-corrected chi connectivity index (χ4v) is 3.37. The molecule has 0 radical (unpaired) electrons. The molecule has 2 aromatic carbocycles. The first-order valence-electron chi connectivity index (χ1n) is 9.72. The number of H-pyrrole nitrogens is 1. The molecular formula is C23H27FN4O. The van der Waals surface area contributed by atoms with Gasteiger partial charge in [0.1, 0.15) is 11.9 Å². The highest BCUT2D eigenvalue weighted by Gasteiger charge is 2.26. The Kier molecular flexibility index (Phi) is 6.77. The number of nitrogens with one attached hydrogen (secondary N) is 1. The Balaban J connectivity index is 1.61. The summed E-state index contributed by atoms with van der Waals surface area (Å²) >= 11 is 0. The summed E-state index contributed by atoms with van der Waals surface area (Å²) in [4.78, 5) is 16.5. The van der Waals surface area contributed by atoms with Crippen molar-refractivity contribution in [3.8, 4) is 11.3 Å². The van der Waals surface area contributed by atoms with Crippen LogP contribution >= 0.6 is 0 Å². The molecule has 0 aliphatic rings. The lowest BCUT2D eigenvalue weighted by Gasteiger charge is -2.29. The Labute approximate surface area is 171 Å². The number of aryl methyl sites for hydroxylation is 1. The van der Waals surface area contributed by atoms with Gasteiger partial charge < -0.3 is 4.90 Å². The molecule has 5 nitrogen and oxygen atoms in total. The minimum Gasteiger partial charge on any atom is -0.347 e. The van der Waals surface area contributed by atoms with Crippen LogP contribution in [0.15, 0.2) is 60.7 Å². The third-order valence-electron chi connectivity index (χ3n) is 4.96. The molecule has 29 heavy (non-hydrogen) atoms. The largest absolute Gasteiger partial charge is 0.347 e. The molecular weight excluding hydrogens is 367 g/mol. The number of rotatable bonds is 8. The number of nitrogens with zero attached hydrogens (tertiary/aromatic N) is 3. The maximum atomic E-state index is 13.1. The Hall–Kier alpha value is -2.99. The van der Waals surface area contributed by atoms with Crippen molar-refractivity contribution in [2.24, 2.45) is 0 Å². The van der Waals surface area contributed by atoms with Crippen LogP contribution < -0.4 is 0 Å². The van der Waals surface area contributed by atoms with Gasteiger partial charge in [-0.3, -0.25) is 14.8 Å². The van der Waals surface area contributed by atoms with Crippen molar-refractivity contribution in [3.63, 3.8) is 0 Å². The van der Waals surface area contributed by atoms with Crippen molar-refractivity contribution in [2.45, 2.75) is 18.9 Å². The predicted molar refractivity (Wildman–Crippen MR) is 113 cm³/mol. The molecule has 3 rings (SSSR count). The number of aromatic nitrogens is 2. The molecule has 152 valence electrons. The zero-order valence-corrected chi connectivity index (χ0v) is 17.1. The van der Waals surface area contributed by atoms with Crippen molar-refractivity contribution >= 4 is 5.91 Å². The second kappa shape index (κ2) is 9.47. The third-order valence-corrected chi connectivity index (χ3v) is 4.96. The van der Waals surface area contributed by atoms with Crippen LogP contribution in [0.2, 0.25) is 0 Å². The lowest BCUT2D eigenvalue weighted by atomic mass is 10.0. The van der Waals surface area contributed by atoms with Gasteiger partial charge in [0.25, 0.3) is 0 Å². The molecule has 1 aromatic heterocycles. The van der Waals surface area contributed by atoms with Gasteiger partial charge >= 0.3 is 0 Å². The summed E-state index contributed by atoms with van der Waals surface area (Å²) in [6.45, 7) is 0.768. The van der Waals surface area contributed by atoms with E-state index in [-0.39, 0.29) is 17.8 Å². The number of likely N-dealkylation sites (N-methyl/N-ethyl adjacent to an activating group) is 2. The monoisotopic (exact) mass is 394 g/mol. The molecule has 1 heterocycles. The number of carbonyl (C=O) groups excluding carboxylic acids is 1. The van der Waals surface area contributed by atoms with E-state index >= 15 is 0 Å². The van der Waals surface area contributed by atoms with Gasteiger partial charge in [0, 0.05) is 25.4 Å². The Morgan fingerprint density at radius 2 is 1.76 bits per heavy atom. The van der Waals surface area contributed by atoms with Crippen LogP contribution in [0.4, 0.5) is 4.39 Å². The summed E-state index contributed by atoms with van der Waals surface area (Å²) in [5, 5.41) is 7.38. The minimum atomic E-state index is -0.303. The van der Waals surface area contributed by atoms with Crippen molar-refractivity contribution in [1.29, 1.82) is 0 Å². The van der Waals surface area contributed by atoms with E-state index in [0.29, 0.717) is 0 Å². The molecule has 6 heteroatoms. The van der Waals surface area contributed by atoms with Crippen molar-refractivity contribution in [3.05, 3.63) is 77.7 Å². The topological polar surface area (TPSA) is 52.2 Å². The zero-order chi connectivity index (χ0) is 20.8. The van der Waals surface area contributed by atoms with Crippen molar-refractivity contribution < 1.29 is 9.18 Å². The van der Waals surface area contributed by atoms with Gasteiger partial charge in [0.05, 0.1) is 5.69 Å². The Bertz CT molecular complexity index is 922. The van der Waals surface area contributed by atoms with Crippen LogP contribution in [0, 0.1) is 5.82 Å². The van der Waals surface area contributed by atoms with E-state index in [4.69, 9.17) is 0 Å². The van der Waals surface area contributed by atoms with Crippen LogP contribution in [0.3, 0.4) is 0 Å². The van der Waals surface area contributed by atoms with E-state index in [1.165, 1.54) is 12.1 Å². The van der Waals surface area contributed by atoms with E-state index < -0.39 is 0 Å². The summed E-state index contributed by atoms with van der Waals surface area (Å²) in [7, 11) is 5.55. The van der Waals surface area contributed by atoms with E-state index in [0.717, 1.165) is 41.9 Å². The van der Waals surface area contributed by atoms with Crippen molar-refractivity contribution in [1.82, 2.24) is 20.0 Å². The van der Waals surface area contributed by atoms with Gasteiger partial charge in [-0.15, -0.1) is 0 Å². The number of halogens is 1. The van der Waals surface area contributed by atoms with Crippen LogP contribution in [0.5, 0.6) is 0 Å². The maximum Gasteiger partial charge on any atom is 0.244 e. The first-order valence-corrected chi connectivity index (χ1v) is 9.72. The average molecular weight is 394 g/mol. The highest BCUT2D eigenvalue weighted by atomic mass is 19.1. The summed E-state index contributed by atoms with van der Waals surface area (Å²) in [6.07, 6.45) is 1.70. The molecule has 1 N–H and O–H groups in total. The number of hydrogen-bond acceptors (Lipinski definition) is 3. The number of amides is 1. The molecule has 1 atom stereocenters. The average Bonchev–Trinajstić information content (AvgIpc) is 3.18. The second-order valence-corrected chi connectivity index (χ2v) is 7.42. The molecule has 0 aliphatic heterocycles. The molecule has 1 unspecified atom stereocenters. The van der Waals surface area contributed by atoms with Crippen LogP contribution in [-0.2, 0) is 11.2 Å². The van der Waals surface area contributed by atoms with E-state index in [9.17, 15) is 9.18 Å². The van der Waals surface area contributed by atoms with Crippen LogP contribution in [-0.4, -0.2) is 53.6 Å². The standard InChI is InChI=1S/C23H27FN4O/c1-27(2)23(29)22(18-8-5-4-6-9-18)28(3)15-7-10-20-16-21(26-25-20)17-11-13-19(24)14-12-17/h4-6,8-9,11-14,16,22H,7,10,15H2,1-3H3,(H,25,26). The summed E-state index contributed by atoms with van der Waals surface area (Å²) in [6, 6.07) is 17.9. The fourth-order valence-electron chi connectivity index (χ4n) is 3.37. The van der Waals surface area contributed by atoms with Gasteiger partial charge in [0.15, 0.2) is 0 Å². The first-order chi connectivity index (χ1) is 14.0. The van der Waals surface area contributed by atoms with E-state index in [1.54, 1.807) is 31.1 Å². The van der Waals surface area contributed by atoms with Crippen LogP contribution in [0.25, 0.3) is 11.3 Å². The smallest absolute Gasteiger partial charge is 0.244 e. The Morgan fingerprint density at radius 3 is 2.41 bits per heavy atom. The number of hydrogen-bond donors (Lipinski definition) is 1. The molecule has 0 spiro atoms. The summed E-state index contributed by atoms with van der Waals surface area (Å²) < 4.78 is 13.1. The zero-order valence-electron chi connectivity index (χ0n) is 17.1.